The average molecular weight is 271 g/mol. The van der Waals surface area contributed by atoms with Gasteiger partial charge in [0.25, 0.3) is 0 Å². The van der Waals surface area contributed by atoms with Crippen molar-refractivity contribution in [3.63, 3.8) is 0 Å². The van der Waals surface area contributed by atoms with Crippen LogP contribution in [0.25, 0.3) is 0 Å². The van der Waals surface area contributed by atoms with Gasteiger partial charge in [0.05, 0.1) is 0 Å². The summed E-state index contributed by atoms with van der Waals surface area (Å²) in [5.74, 6) is -1.10. The molecule has 1 aromatic carbocycles. The second-order valence-corrected chi connectivity index (χ2v) is 4.05. The summed E-state index contributed by atoms with van der Waals surface area (Å²) in [6.45, 7) is 0. The molecule has 6 nitrogen and oxygen atoms in total. The average Bonchev–Trinajstić information content (AvgIpc) is 2.47. The topological polar surface area (TPSA) is 82.5 Å². The van der Waals surface area contributed by atoms with Gasteiger partial charge in [-0.05, 0) is 36.4 Å². The molecule has 0 saturated heterocycles. The number of aromatic nitrogens is 1. The normalized spacial score (nSPS) is 9.85. The lowest BCUT2D eigenvalue weighted by atomic mass is 10.3. The van der Waals surface area contributed by atoms with Crippen LogP contribution in [-0.2, 0) is 9.59 Å². The minimum Gasteiger partial charge on any atom is -0.508 e. The number of aromatic hydroxyl groups is 1. The Hall–Kier alpha value is -2.89. The van der Waals surface area contributed by atoms with Crippen LogP contribution in [0.4, 0.5) is 11.5 Å². The van der Waals surface area contributed by atoms with E-state index in [-0.39, 0.29) is 5.75 Å². The molecule has 2 aromatic rings. The van der Waals surface area contributed by atoms with Crippen molar-refractivity contribution >= 4 is 23.3 Å². The summed E-state index contributed by atoms with van der Waals surface area (Å²) in [6, 6.07) is 11.0. The Labute approximate surface area is 115 Å². The molecule has 2 N–H and O–H groups in total. The van der Waals surface area contributed by atoms with Gasteiger partial charge in [0.2, 0.25) is 0 Å². The highest BCUT2D eigenvalue weighted by molar-refractivity contribution is 6.44. The maximum atomic E-state index is 12.0. The van der Waals surface area contributed by atoms with E-state index < -0.39 is 11.8 Å². The van der Waals surface area contributed by atoms with Crippen molar-refractivity contribution in [2.24, 2.45) is 0 Å². The van der Waals surface area contributed by atoms with Crippen LogP contribution in [-0.4, -0.2) is 29.0 Å². The molecule has 6 heteroatoms. The number of amides is 2. The van der Waals surface area contributed by atoms with E-state index in [0.29, 0.717) is 11.5 Å². The maximum absolute atomic E-state index is 12.0. The molecule has 0 unspecified atom stereocenters. The van der Waals surface area contributed by atoms with Crippen LogP contribution in [0, 0.1) is 0 Å². The van der Waals surface area contributed by atoms with Gasteiger partial charge in [0.15, 0.2) is 0 Å². The fourth-order valence-corrected chi connectivity index (χ4v) is 1.55. The van der Waals surface area contributed by atoms with Gasteiger partial charge in [-0.25, -0.2) is 4.98 Å². The number of carbonyl (C=O) groups excluding carboxylic acids is 2. The van der Waals surface area contributed by atoms with Crippen LogP contribution >= 0.6 is 0 Å². The molecule has 0 fully saturated rings. The van der Waals surface area contributed by atoms with E-state index >= 15 is 0 Å². The van der Waals surface area contributed by atoms with Gasteiger partial charge in [-0.2, -0.15) is 0 Å². The molecule has 0 aliphatic heterocycles. The van der Waals surface area contributed by atoms with Crippen LogP contribution in [0.2, 0.25) is 0 Å². The van der Waals surface area contributed by atoms with Crippen LogP contribution in [0.15, 0.2) is 48.7 Å². The Morgan fingerprint density at radius 1 is 1.15 bits per heavy atom. The first-order valence-corrected chi connectivity index (χ1v) is 5.87. The first-order valence-electron chi connectivity index (χ1n) is 5.87. The van der Waals surface area contributed by atoms with Crippen molar-refractivity contribution < 1.29 is 14.7 Å². The van der Waals surface area contributed by atoms with E-state index in [1.165, 1.54) is 30.3 Å². The Bertz CT molecular complexity index is 611. The lowest BCUT2D eigenvalue weighted by molar-refractivity contribution is -0.134. The van der Waals surface area contributed by atoms with Gasteiger partial charge in [0.1, 0.15) is 11.6 Å². The molecule has 1 aromatic heterocycles. The van der Waals surface area contributed by atoms with Crippen molar-refractivity contribution in [2.45, 2.75) is 0 Å². The van der Waals surface area contributed by atoms with Crippen molar-refractivity contribution in [1.82, 2.24) is 4.98 Å². The van der Waals surface area contributed by atoms with E-state index in [0.717, 1.165) is 0 Å². The highest BCUT2D eigenvalue weighted by atomic mass is 16.3. The maximum Gasteiger partial charge on any atom is 0.316 e. The zero-order valence-electron chi connectivity index (χ0n) is 10.8. The summed E-state index contributed by atoms with van der Waals surface area (Å²) >= 11 is 0. The first-order chi connectivity index (χ1) is 9.58. The van der Waals surface area contributed by atoms with Crippen molar-refractivity contribution in [1.29, 1.82) is 0 Å². The number of nitrogens with one attached hydrogen (secondary N) is 1. The zero-order valence-corrected chi connectivity index (χ0v) is 10.8. The number of hydrogen-bond acceptors (Lipinski definition) is 4. The molecule has 1 heterocycles. The minimum absolute atomic E-state index is 0.0903. The third kappa shape index (κ3) is 3.11. The van der Waals surface area contributed by atoms with E-state index in [2.05, 4.69) is 10.3 Å². The molecule has 102 valence electrons. The number of likely N-dealkylation sites (N-methyl/N-ethyl adjacent to an activating group) is 1. The van der Waals surface area contributed by atoms with E-state index in [1.807, 2.05) is 0 Å². The van der Waals surface area contributed by atoms with Crippen LogP contribution in [0.3, 0.4) is 0 Å². The third-order valence-corrected chi connectivity index (χ3v) is 2.64. The van der Waals surface area contributed by atoms with Crippen molar-refractivity contribution in [2.75, 3.05) is 17.3 Å². The molecule has 0 aliphatic rings. The minimum atomic E-state index is -0.778. The highest BCUT2D eigenvalue weighted by Gasteiger charge is 2.20. The number of nitrogens with zero attached hydrogens (tertiary/aromatic N) is 2. The predicted molar refractivity (Wildman–Crippen MR) is 74.4 cm³/mol. The highest BCUT2D eigenvalue weighted by Crippen LogP contribution is 2.17. The Kier molecular flexibility index (Phi) is 3.95. The molecule has 0 atom stereocenters. The fourth-order valence-electron chi connectivity index (χ4n) is 1.55. The summed E-state index contributed by atoms with van der Waals surface area (Å²) in [5.41, 5.74) is 0.504. The number of pyridine rings is 1. The number of rotatable bonds is 2. The molecule has 0 bridgehead atoms. The van der Waals surface area contributed by atoms with Crippen LogP contribution in [0.1, 0.15) is 0 Å². The SMILES string of the molecule is CN(C(=O)C(=O)Nc1ccccn1)c1ccc(O)cc1. The molecule has 0 saturated carbocycles. The summed E-state index contributed by atoms with van der Waals surface area (Å²) in [6.07, 6.45) is 1.52. The van der Waals surface area contributed by atoms with Gasteiger partial charge in [-0.3, -0.25) is 9.59 Å². The largest absolute Gasteiger partial charge is 0.508 e. The molecular formula is C14H13N3O3. The van der Waals surface area contributed by atoms with Crippen molar-refractivity contribution in [3.05, 3.63) is 48.7 Å². The molecular weight excluding hydrogens is 258 g/mol. The number of carbonyl (C=O) groups is 2. The molecule has 20 heavy (non-hydrogen) atoms. The summed E-state index contributed by atoms with van der Waals surface area (Å²) < 4.78 is 0. The molecule has 0 spiro atoms. The molecule has 0 radical (unpaired) electrons. The van der Waals surface area contributed by atoms with Gasteiger partial charge in [-0.1, -0.05) is 6.07 Å². The van der Waals surface area contributed by atoms with Gasteiger partial charge < -0.3 is 15.3 Å². The predicted octanol–water partition coefficient (Wildman–Crippen LogP) is 1.39. The molecule has 2 amide bonds. The van der Waals surface area contributed by atoms with Crippen LogP contribution in [0.5, 0.6) is 5.75 Å². The van der Waals surface area contributed by atoms with E-state index in [1.54, 1.807) is 30.3 Å². The standard InChI is InChI=1S/C14H13N3O3/c1-17(10-5-7-11(18)8-6-10)14(20)13(19)16-12-4-2-3-9-15-12/h2-9,18H,1H3,(H,15,16,19). The number of anilines is 2. The van der Waals surface area contributed by atoms with E-state index in [9.17, 15) is 14.7 Å². The molecule has 2 rings (SSSR count). The second kappa shape index (κ2) is 5.83. The summed E-state index contributed by atoms with van der Waals surface area (Å²) in [5, 5.41) is 11.6. The Balaban J connectivity index is 2.06. The monoisotopic (exact) mass is 271 g/mol. The molecule has 0 aliphatic carbocycles. The Morgan fingerprint density at radius 2 is 1.85 bits per heavy atom. The lowest BCUT2D eigenvalue weighted by Crippen LogP contribution is -2.37. The smallest absolute Gasteiger partial charge is 0.316 e. The van der Waals surface area contributed by atoms with Crippen LogP contribution < -0.4 is 10.2 Å². The number of phenolic OH excluding ortho intramolecular Hbond substituents is 1. The van der Waals surface area contributed by atoms with Gasteiger partial charge in [0, 0.05) is 18.9 Å². The quantitative estimate of drug-likeness (QED) is 0.809. The summed E-state index contributed by atoms with van der Waals surface area (Å²) in [7, 11) is 1.48. The lowest BCUT2D eigenvalue weighted by Gasteiger charge is -2.16. The zero-order chi connectivity index (χ0) is 14.5. The van der Waals surface area contributed by atoms with Crippen molar-refractivity contribution in [3.8, 4) is 5.75 Å². The summed E-state index contributed by atoms with van der Waals surface area (Å²) in [4.78, 5) is 28.9. The van der Waals surface area contributed by atoms with Gasteiger partial charge >= 0.3 is 11.8 Å². The van der Waals surface area contributed by atoms with E-state index in [4.69, 9.17) is 0 Å². The first kappa shape index (κ1) is 13.5. The fraction of sp³-hybridized carbons (Fsp3) is 0.0714. The number of hydrogen-bond donors (Lipinski definition) is 2. The second-order valence-electron chi connectivity index (χ2n) is 4.05. The third-order valence-electron chi connectivity index (χ3n) is 2.64. The van der Waals surface area contributed by atoms with Gasteiger partial charge in [-0.15, -0.1) is 0 Å². The Morgan fingerprint density at radius 3 is 2.45 bits per heavy atom. The number of phenols is 1. The number of benzene rings is 1.